The lowest BCUT2D eigenvalue weighted by atomic mass is 10.1. The maximum atomic E-state index is 5.96. The summed E-state index contributed by atoms with van der Waals surface area (Å²) in [5.74, 6) is 1.67. The van der Waals surface area contributed by atoms with Gasteiger partial charge in [0.15, 0.2) is 0 Å². The molecule has 0 amide bonds. The molecule has 5 aromatic rings. The summed E-state index contributed by atoms with van der Waals surface area (Å²) in [6.45, 7) is 2.70. The van der Waals surface area contributed by atoms with Gasteiger partial charge in [0.2, 0.25) is 0 Å². The van der Waals surface area contributed by atoms with Crippen LogP contribution in [0.3, 0.4) is 0 Å². The second-order valence-electron chi connectivity index (χ2n) is 8.48. The predicted octanol–water partition coefficient (Wildman–Crippen LogP) is 5.54. The molecule has 33 heavy (non-hydrogen) atoms. The van der Waals surface area contributed by atoms with Crippen LogP contribution in [0.1, 0.15) is 24.8 Å². The van der Waals surface area contributed by atoms with Crippen LogP contribution in [0, 0.1) is 0 Å². The lowest BCUT2D eigenvalue weighted by molar-refractivity contribution is 0.306. The van der Waals surface area contributed by atoms with Crippen LogP contribution in [0.4, 0.5) is 5.69 Å². The Morgan fingerprint density at radius 2 is 1.76 bits per heavy atom. The summed E-state index contributed by atoms with van der Waals surface area (Å²) in [6.07, 6.45) is 9.19. The first-order valence-corrected chi connectivity index (χ1v) is 11.5. The van der Waals surface area contributed by atoms with E-state index < -0.39 is 0 Å². The fraction of sp³-hybridized carbons (Fsp3) is 0.222. The van der Waals surface area contributed by atoms with Gasteiger partial charge in [-0.2, -0.15) is 0 Å². The summed E-state index contributed by atoms with van der Waals surface area (Å²) in [5.41, 5.74) is 5.25. The average molecular weight is 436 g/mol. The Morgan fingerprint density at radius 1 is 0.879 bits per heavy atom. The molecular formula is C27H25N5O. The average Bonchev–Trinajstić information content (AvgIpc) is 3.31. The molecule has 0 bridgehead atoms. The summed E-state index contributed by atoms with van der Waals surface area (Å²) in [5, 5.41) is 1.16. The van der Waals surface area contributed by atoms with E-state index in [0.717, 1.165) is 52.2 Å². The molecule has 1 saturated heterocycles. The molecule has 1 aliphatic heterocycles. The Morgan fingerprint density at radius 3 is 2.64 bits per heavy atom. The van der Waals surface area contributed by atoms with Gasteiger partial charge >= 0.3 is 0 Å². The summed E-state index contributed by atoms with van der Waals surface area (Å²) < 4.78 is 8.01. The topological polar surface area (TPSA) is 56.1 Å². The van der Waals surface area contributed by atoms with Crippen LogP contribution in [-0.2, 0) is 6.61 Å². The number of rotatable bonds is 5. The van der Waals surface area contributed by atoms with E-state index in [9.17, 15) is 0 Å². The van der Waals surface area contributed by atoms with Crippen molar-refractivity contribution in [2.75, 3.05) is 18.0 Å². The van der Waals surface area contributed by atoms with E-state index in [4.69, 9.17) is 9.72 Å². The molecule has 0 atom stereocenters. The first kappa shape index (κ1) is 19.7. The normalized spacial score (nSPS) is 14.1. The Labute approximate surface area is 192 Å². The van der Waals surface area contributed by atoms with Gasteiger partial charge in [0.1, 0.15) is 24.5 Å². The van der Waals surface area contributed by atoms with Crippen LogP contribution in [0.15, 0.2) is 79.4 Å². The van der Waals surface area contributed by atoms with Crippen LogP contribution in [0.25, 0.3) is 27.8 Å². The van der Waals surface area contributed by atoms with Crippen molar-refractivity contribution in [2.24, 2.45) is 0 Å². The number of anilines is 1. The molecule has 6 nitrogen and oxygen atoms in total. The second kappa shape index (κ2) is 8.54. The zero-order chi connectivity index (χ0) is 22.0. The van der Waals surface area contributed by atoms with Gasteiger partial charge in [-0.25, -0.2) is 9.97 Å². The Kier molecular flexibility index (Phi) is 5.11. The van der Waals surface area contributed by atoms with Gasteiger partial charge in [0.25, 0.3) is 0 Å². The van der Waals surface area contributed by atoms with Gasteiger partial charge in [-0.1, -0.05) is 12.1 Å². The molecule has 0 saturated carbocycles. The maximum absolute atomic E-state index is 5.96. The molecule has 4 heterocycles. The van der Waals surface area contributed by atoms with Gasteiger partial charge in [-0.15, -0.1) is 0 Å². The summed E-state index contributed by atoms with van der Waals surface area (Å²) in [7, 11) is 0. The molecule has 0 radical (unpaired) electrons. The van der Waals surface area contributed by atoms with E-state index in [2.05, 4.69) is 49.8 Å². The van der Waals surface area contributed by atoms with Crippen LogP contribution < -0.4 is 9.64 Å². The molecule has 6 rings (SSSR count). The third kappa shape index (κ3) is 3.89. The number of aromatic nitrogens is 4. The molecular weight excluding hydrogens is 410 g/mol. The van der Waals surface area contributed by atoms with Crippen LogP contribution in [-0.4, -0.2) is 32.6 Å². The number of imidazole rings is 1. The molecule has 3 aromatic heterocycles. The third-order valence-electron chi connectivity index (χ3n) is 6.30. The number of pyridine rings is 2. The maximum Gasteiger partial charge on any atom is 0.139 e. The highest BCUT2D eigenvalue weighted by atomic mass is 16.5. The van der Waals surface area contributed by atoms with Crippen molar-refractivity contribution < 1.29 is 4.74 Å². The molecule has 0 N–H and O–H groups in total. The Hall–Kier alpha value is -3.93. The van der Waals surface area contributed by atoms with E-state index in [1.54, 1.807) is 12.4 Å². The Bertz CT molecular complexity index is 1410. The van der Waals surface area contributed by atoms with E-state index in [1.165, 1.54) is 24.9 Å². The molecule has 164 valence electrons. The Balaban J connectivity index is 1.32. The first-order valence-electron chi connectivity index (χ1n) is 11.5. The number of ether oxygens (including phenoxy) is 1. The number of fused-ring (bicyclic) bond motifs is 2. The van der Waals surface area contributed by atoms with E-state index >= 15 is 0 Å². The van der Waals surface area contributed by atoms with E-state index in [1.807, 2.05) is 36.7 Å². The minimum absolute atomic E-state index is 0.500. The minimum Gasteiger partial charge on any atom is -0.489 e. The van der Waals surface area contributed by atoms with E-state index in [-0.39, 0.29) is 0 Å². The van der Waals surface area contributed by atoms with Gasteiger partial charge < -0.3 is 9.64 Å². The molecule has 1 fully saturated rings. The van der Waals surface area contributed by atoms with Crippen molar-refractivity contribution in [1.82, 2.24) is 19.5 Å². The lowest BCUT2D eigenvalue weighted by Crippen LogP contribution is -2.29. The van der Waals surface area contributed by atoms with Crippen molar-refractivity contribution in [2.45, 2.75) is 25.9 Å². The highest BCUT2D eigenvalue weighted by Crippen LogP contribution is 2.30. The minimum atomic E-state index is 0.500. The highest BCUT2D eigenvalue weighted by Gasteiger charge is 2.15. The standard InChI is InChI=1S/C27H25N5O/c1-2-15-31(16-3-1)25-6-4-5-21-7-10-26(30-27(21)25)32-19-29-23-17-22(8-9-24(23)32)33-18-20-11-13-28-14-12-20/h4-14,17,19H,1-3,15-16,18H2. The number of para-hydroxylation sites is 1. The van der Waals surface area contributed by atoms with Crippen molar-refractivity contribution >= 4 is 27.6 Å². The smallest absolute Gasteiger partial charge is 0.139 e. The molecule has 0 aliphatic carbocycles. The fourth-order valence-corrected chi connectivity index (χ4v) is 4.56. The van der Waals surface area contributed by atoms with Crippen molar-refractivity contribution in [1.29, 1.82) is 0 Å². The van der Waals surface area contributed by atoms with Gasteiger partial charge in [-0.3, -0.25) is 9.55 Å². The lowest BCUT2D eigenvalue weighted by Gasteiger charge is -2.29. The molecule has 6 heteroatoms. The highest BCUT2D eigenvalue weighted by molar-refractivity contribution is 5.92. The van der Waals surface area contributed by atoms with Crippen molar-refractivity contribution in [3.05, 3.63) is 84.9 Å². The quantitative estimate of drug-likeness (QED) is 0.363. The van der Waals surface area contributed by atoms with Crippen LogP contribution in [0.2, 0.25) is 0 Å². The van der Waals surface area contributed by atoms with Crippen LogP contribution >= 0.6 is 0 Å². The number of hydrogen-bond acceptors (Lipinski definition) is 5. The monoisotopic (exact) mass is 435 g/mol. The van der Waals surface area contributed by atoms with Gasteiger partial charge in [0, 0.05) is 36.9 Å². The molecule has 0 spiro atoms. The molecule has 0 unspecified atom stereocenters. The van der Waals surface area contributed by atoms with E-state index in [0.29, 0.717) is 6.61 Å². The number of nitrogens with zero attached hydrogens (tertiary/aromatic N) is 5. The van der Waals surface area contributed by atoms with Crippen molar-refractivity contribution in [3.63, 3.8) is 0 Å². The van der Waals surface area contributed by atoms with Crippen LogP contribution in [0.5, 0.6) is 5.75 Å². The first-order chi connectivity index (χ1) is 16.3. The third-order valence-corrected chi connectivity index (χ3v) is 6.30. The molecule has 1 aliphatic rings. The number of piperidine rings is 1. The number of hydrogen-bond donors (Lipinski definition) is 0. The second-order valence-corrected chi connectivity index (χ2v) is 8.48. The number of benzene rings is 2. The zero-order valence-electron chi connectivity index (χ0n) is 18.4. The predicted molar refractivity (Wildman–Crippen MR) is 131 cm³/mol. The van der Waals surface area contributed by atoms with Gasteiger partial charge in [0.05, 0.1) is 22.2 Å². The fourth-order valence-electron chi connectivity index (χ4n) is 4.56. The zero-order valence-corrected chi connectivity index (χ0v) is 18.4. The van der Waals surface area contributed by atoms with Gasteiger partial charge in [-0.05, 0) is 67.3 Å². The summed E-state index contributed by atoms with van der Waals surface area (Å²) in [4.78, 5) is 16.2. The largest absolute Gasteiger partial charge is 0.489 e. The summed E-state index contributed by atoms with van der Waals surface area (Å²) >= 11 is 0. The molecule has 2 aromatic carbocycles. The van der Waals surface area contributed by atoms with Crippen molar-refractivity contribution in [3.8, 4) is 11.6 Å². The SMILES string of the molecule is c1cc(N2CCCCC2)c2nc(-n3cnc4cc(OCc5ccncc5)ccc43)ccc2c1. The summed E-state index contributed by atoms with van der Waals surface area (Å²) in [6, 6.07) is 20.6.